The van der Waals surface area contributed by atoms with Crippen LogP contribution in [0.2, 0.25) is 0 Å². The van der Waals surface area contributed by atoms with Crippen LogP contribution in [-0.4, -0.2) is 18.5 Å². The van der Waals surface area contributed by atoms with Crippen molar-refractivity contribution in [3.63, 3.8) is 0 Å². The van der Waals surface area contributed by atoms with Crippen LogP contribution < -0.4 is 5.32 Å². The molecule has 2 aromatic carbocycles. The van der Waals surface area contributed by atoms with E-state index in [-0.39, 0.29) is 6.61 Å². The van der Waals surface area contributed by atoms with E-state index in [2.05, 4.69) is 5.32 Å². The fourth-order valence-electron chi connectivity index (χ4n) is 1.99. The second kappa shape index (κ2) is 9.30. The van der Waals surface area contributed by atoms with Crippen LogP contribution in [0, 0.1) is 17.6 Å². The number of nitrogens with zero attached hydrogens (tertiary/aromatic N) is 1. The Morgan fingerprint density at radius 3 is 2.68 bits per heavy atom. The van der Waals surface area contributed by atoms with Gasteiger partial charge in [0, 0.05) is 16.7 Å². The van der Waals surface area contributed by atoms with E-state index >= 15 is 0 Å². The Hall–Kier alpha value is -3.04. The number of carbonyl (C=O) groups is 2. The molecule has 0 aromatic heterocycles. The molecule has 0 atom stereocenters. The standard InChI is InChI=1S/C19H16N2O3S/c1-14-11-16(25-13-20)8-9-17(14)21-18(22)12-24-19(23)10-7-15-5-3-2-4-6-15/h2-11H,12H2,1H3,(H,21,22)/b10-7+. The van der Waals surface area contributed by atoms with Crippen molar-refractivity contribution in [1.29, 1.82) is 5.26 Å². The lowest BCUT2D eigenvalue weighted by atomic mass is 10.2. The number of aryl methyl sites for hydroxylation is 1. The molecule has 2 rings (SSSR count). The van der Waals surface area contributed by atoms with Crippen LogP contribution in [0.1, 0.15) is 11.1 Å². The van der Waals surface area contributed by atoms with Gasteiger partial charge in [0.25, 0.3) is 5.91 Å². The molecule has 0 saturated heterocycles. The van der Waals surface area contributed by atoms with Crippen LogP contribution in [0.15, 0.2) is 59.5 Å². The third-order valence-electron chi connectivity index (χ3n) is 3.19. The summed E-state index contributed by atoms with van der Waals surface area (Å²) in [6.07, 6.45) is 2.90. The van der Waals surface area contributed by atoms with E-state index in [0.29, 0.717) is 5.69 Å². The highest BCUT2D eigenvalue weighted by atomic mass is 32.2. The number of ether oxygens (including phenoxy) is 1. The van der Waals surface area contributed by atoms with Gasteiger partial charge in [-0.2, -0.15) is 5.26 Å². The first kappa shape index (κ1) is 18.3. The van der Waals surface area contributed by atoms with E-state index in [4.69, 9.17) is 10.00 Å². The minimum absolute atomic E-state index is 0.369. The van der Waals surface area contributed by atoms with E-state index in [1.807, 2.05) is 42.7 Å². The number of hydrogen-bond acceptors (Lipinski definition) is 5. The lowest BCUT2D eigenvalue weighted by Gasteiger charge is -2.09. The molecule has 0 saturated carbocycles. The van der Waals surface area contributed by atoms with Crippen molar-refractivity contribution in [3.05, 3.63) is 65.7 Å². The van der Waals surface area contributed by atoms with Crippen molar-refractivity contribution in [1.82, 2.24) is 0 Å². The van der Waals surface area contributed by atoms with E-state index < -0.39 is 11.9 Å². The Morgan fingerprint density at radius 1 is 1.24 bits per heavy atom. The summed E-state index contributed by atoms with van der Waals surface area (Å²) >= 11 is 1.05. The maximum Gasteiger partial charge on any atom is 0.331 e. The topological polar surface area (TPSA) is 79.2 Å². The number of nitriles is 1. The third-order valence-corrected chi connectivity index (χ3v) is 3.77. The zero-order chi connectivity index (χ0) is 18.1. The molecule has 0 aliphatic carbocycles. The summed E-state index contributed by atoms with van der Waals surface area (Å²) < 4.78 is 4.91. The summed E-state index contributed by atoms with van der Waals surface area (Å²) in [5.74, 6) is -1.01. The van der Waals surface area contributed by atoms with Gasteiger partial charge in [0.2, 0.25) is 0 Å². The number of nitrogens with one attached hydrogen (secondary N) is 1. The largest absolute Gasteiger partial charge is 0.452 e. The highest BCUT2D eigenvalue weighted by Gasteiger charge is 2.08. The van der Waals surface area contributed by atoms with Crippen molar-refractivity contribution in [2.24, 2.45) is 0 Å². The Labute approximate surface area is 150 Å². The molecule has 0 aliphatic rings. The van der Waals surface area contributed by atoms with Gasteiger partial charge >= 0.3 is 5.97 Å². The average Bonchev–Trinajstić information content (AvgIpc) is 2.61. The van der Waals surface area contributed by atoms with Crippen LogP contribution in [-0.2, 0) is 14.3 Å². The summed E-state index contributed by atoms with van der Waals surface area (Å²) in [5.41, 5.74) is 2.31. The first-order valence-electron chi connectivity index (χ1n) is 7.45. The van der Waals surface area contributed by atoms with Gasteiger partial charge in [-0.3, -0.25) is 4.79 Å². The number of esters is 1. The lowest BCUT2D eigenvalue weighted by molar-refractivity contribution is -0.142. The molecular weight excluding hydrogens is 336 g/mol. The van der Waals surface area contributed by atoms with E-state index in [1.165, 1.54) is 6.08 Å². The van der Waals surface area contributed by atoms with Gasteiger partial charge in [-0.05, 0) is 54.1 Å². The molecule has 126 valence electrons. The van der Waals surface area contributed by atoms with Gasteiger partial charge in [0.15, 0.2) is 6.61 Å². The van der Waals surface area contributed by atoms with Crippen LogP contribution in [0.25, 0.3) is 6.08 Å². The molecule has 0 aliphatic heterocycles. The van der Waals surface area contributed by atoms with E-state index in [9.17, 15) is 9.59 Å². The molecule has 1 N–H and O–H groups in total. The van der Waals surface area contributed by atoms with Crippen LogP contribution in [0.4, 0.5) is 5.69 Å². The molecule has 0 heterocycles. The molecule has 5 nitrogen and oxygen atoms in total. The molecule has 1 amide bonds. The molecule has 0 spiro atoms. The van der Waals surface area contributed by atoms with Crippen molar-refractivity contribution in [2.75, 3.05) is 11.9 Å². The first-order valence-corrected chi connectivity index (χ1v) is 8.26. The molecule has 2 aromatic rings. The van der Waals surface area contributed by atoms with E-state index in [1.54, 1.807) is 24.3 Å². The average molecular weight is 352 g/mol. The maximum absolute atomic E-state index is 11.9. The second-order valence-corrected chi connectivity index (χ2v) is 5.93. The fourth-order valence-corrected chi connectivity index (χ4v) is 2.47. The van der Waals surface area contributed by atoms with Gasteiger partial charge in [0.1, 0.15) is 5.40 Å². The smallest absolute Gasteiger partial charge is 0.331 e. The van der Waals surface area contributed by atoms with Gasteiger partial charge in [-0.15, -0.1) is 0 Å². The van der Waals surface area contributed by atoms with Gasteiger partial charge in [-0.1, -0.05) is 30.3 Å². The monoisotopic (exact) mass is 352 g/mol. The molecule has 0 fully saturated rings. The normalized spacial score (nSPS) is 10.2. The van der Waals surface area contributed by atoms with Gasteiger partial charge in [-0.25, -0.2) is 4.79 Å². The van der Waals surface area contributed by atoms with Gasteiger partial charge < -0.3 is 10.1 Å². The maximum atomic E-state index is 11.9. The van der Waals surface area contributed by atoms with Crippen LogP contribution in [0.3, 0.4) is 0 Å². The number of thioether (sulfide) groups is 1. The number of benzene rings is 2. The molecule has 0 unspecified atom stereocenters. The summed E-state index contributed by atoms with van der Waals surface area (Å²) in [5, 5.41) is 13.3. The number of rotatable bonds is 6. The van der Waals surface area contributed by atoms with Crippen molar-refractivity contribution >= 4 is 35.4 Å². The van der Waals surface area contributed by atoms with Crippen molar-refractivity contribution in [2.45, 2.75) is 11.8 Å². The quantitative estimate of drug-likeness (QED) is 0.371. The first-order chi connectivity index (χ1) is 12.1. The summed E-state index contributed by atoms with van der Waals surface area (Å²) in [4.78, 5) is 24.3. The summed E-state index contributed by atoms with van der Waals surface area (Å²) in [6.45, 7) is 1.46. The zero-order valence-corrected chi connectivity index (χ0v) is 14.4. The number of thiocyanates is 1. The molecular formula is C19H16N2O3S. The Kier molecular flexibility index (Phi) is 6.81. The highest BCUT2D eigenvalue weighted by Crippen LogP contribution is 2.23. The minimum atomic E-state index is -0.587. The molecule has 0 bridgehead atoms. The lowest BCUT2D eigenvalue weighted by Crippen LogP contribution is -2.20. The number of amides is 1. The van der Waals surface area contributed by atoms with Crippen molar-refractivity contribution in [3.8, 4) is 5.40 Å². The van der Waals surface area contributed by atoms with Crippen LogP contribution >= 0.6 is 11.8 Å². The predicted octanol–water partition coefficient (Wildman–Crippen LogP) is 3.76. The number of hydrogen-bond donors (Lipinski definition) is 1. The third kappa shape index (κ3) is 6.16. The fraction of sp³-hybridized carbons (Fsp3) is 0.105. The zero-order valence-electron chi connectivity index (χ0n) is 13.6. The van der Waals surface area contributed by atoms with Gasteiger partial charge in [0.05, 0.1) is 0 Å². The number of anilines is 1. The minimum Gasteiger partial charge on any atom is -0.452 e. The Balaban J connectivity index is 1.83. The molecule has 25 heavy (non-hydrogen) atoms. The summed E-state index contributed by atoms with van der Waals surface area (Å²) in [6, 6.07) is 14.6. The molecule has 6 heteroatoms. The van der Waals surface area contributed by atoms with E-state index in [0.717, 1.165) is 27.8 Å². The SMILES string of the molecule is Cc1cc(SC#N)ccc1NC(=O)COC(=O)/C=C/c1ccccc1. The predicted molar refractivity (Wildman–Crippen MR) is 97.7 cm³/mol. The van der Waals surface area contributed by atoms with Crippen molar-refractivity contribution < 1.29 is 14.3 Å². The number of carbonyl (C=O) groups excluding carboxylic acids is 2. The second-order valence-electron chi connectivity index (χ2n) is 5.07. The summed E-state index contributed by atoms with van der Waals surface area (Å²) in [7, 11) is 0. The highest BCUT2D eigenvalue weighted by molar-refractivity contribution is 8.03. The molecule has 0 radical (unpaired) electrons. The van der Waals surface area contributed by atoms with Crippen LogP contribution in [0.5, 0.6) is 0 Å². The Morgan fingerprint density at radius 2 is 2.00 bits per heavy atom. The Bertz CT molecular complexity index is 826.